The van der Waals surface area contributed by atoms with Gasteiger partial charge in [0.2, 0.25) is 0 Å². The minimum Gasteiger partial charge on any atom is -0.487 e. The monoisotopic (exact) mass is 270 g/mol. The summed E-state index contributed by atoms with van der Waals surface area (Å²) in [6.07, 6.45) is 2.35. The molecule has 2 aromatic carbocycles. The molecule has 2 rings (SSSR count). The molecule has 3 heteroatoms. The van der Waals surface area contributed by atoms with Gasteiger partial charge < -0.3 is 15.8 Å². The molecule has 0 radical (unpaired) electrons. The molecule has 0 saturated carbocycles. The third kappa shape index (κ3) is 3.92. The minimum atomic E-state index is 0.517. The van der Waals surface area contributed by atoms with Crippen molar-refractivity contribution in [1.82, 2.24) is 0 Å². The van der Waals surface area contributed by atoms with Crippen molar-refractivity contribution in [2.45, 2.75) is 26.4 Å². The summed E-state index contributed by atoms with van der Waals surface area (Å²) in [5.41, 5.74) is 8.83. The van der Waals surface area contributed by atoms with Crippen LogP contribution in [0.3, 0.4) is 0 Å². The van der Waals surface area contributed by atoms with Crippen molar-refractivity contribution in [2.75, 3.05) is 17.6 Å². The summed E-state index contributed by atoms with van der Waals surface area (Å²) in [5, 5.41) is 3.45. The highest BCUT2D eigenvalue weighted by Gasteiger charge is 2.04. The molecule has 0 heterocycles. The predicted molar refractivity (Wildman–Crippen MR) is 85.0 cm³/mol. The molecular weight excluding hydrogens is 248 g/mol. The van der Waals surface area contributed by atoms with Gasteiger partial charge in [0, 0.05) is 17.8 Å². The summed E-state index contributed by atoms with van der Waals surface area (Å²) in [6, 6.07) is 15.8. The lowest BCUT2D eigenvalue weighted by atomic mass is 10.2. The van der Waals surface area contributed by atoms with E-state index in [1.807, 2.05) is 36.4 Å². The number of anilines is 2. The molecule has 20 heavy (non-hydrogen) atoms. The molecule has 2 aromatic rings. The molecule has 3 nitrogen and oxygen atoms in total. The predicted octanol–water partition coefficient (Wildman–Crippen LogP) is 4.06. The lowest BCUT2D eigenvalue weighted by molar-refractivity contribution is 0.308. The van der Waals surface area contributed by atoms with Crippen LogP contribution in [0.2, 0.25) is 0 Å². The minimum absolute atomic E-state index is 0.517. The highest BCUT2D eigenvalue weighted by Crippen LogP contribution is 2.23. The number of hydrogen-bond donors (Lipinski definition) is 2. The normalized spacial score (nSPS) is 10.2. The van der Waals surface area contributed by atoms with Crippen molar-refractivity contribution in [3.8, 4) is 5.75 Å². The van der Waals surface area contributed by atoms with Crippen molar-refractivity contribution in [3.05, 3.63) is 54.1 Å². The molecule has 0 aliphatic carbocycles. The maximum atomic E-state index is 5.88. The number of para-hydroxylation sites is 3. The average Bonchev–Trinajstić information content (AvgIpc) is 2.48. The summed E-state index contributed by atoms with van der Waals surface area (Å²) < 4.78 is 5.80. The maximum Gasteiger partial charge on any atom is 0.142 e. The van der Waals surface area contributed by atoms with Gasteiger partial charge in [0.05, 0.1) is 5.69 Å². The maximum absolute atomic E-state index is 5.88. The fraction of sp³-hybridized carbons (Fsp3) is 0.294. The van der Waals surface area contributed by atoms with Crippen molar-refractivity contribution < 1.29 is 4.74 Å². The van der Waals surface area contributed by atoms with Gasteiger partial charge in [-0.2, -0.15) is 0 Å². The van der Waals surface area contributed by atoms with Crippen LogP contribution in [-0.4, -0.2) is 6.54 Å². The number of nitrogens with one attached hydrogen (secondary N) is 1. The van der Waals surface area contributed by atoms with Crippen molar-refractivity contribution in [3.63, 3.8) is 0 Å². The molecule has 3 N–H and O–H groups in total. The van der Waals surface area contributed by atoms with E-state index in [0.29, 0.717) is 12.3 Å². The van der Waals surface area contributed by atoms with Crippen LogP contribution >= 0.6 is 0 Å². The molecule has 0 aliphatic rings. The summed E-state index contributed by atoms with van der Waals surface area (Å²) >= 11 is 0. The van der Waals surface area contributed by atoms with Gasteiger partial charge in [-0.05, 0) is 24.6 Å². The standard InChI is InChI=1S/C17H22N2O/c1-2-3-12-19-16-10-6-4-8-14(16)13-20-17-11-7-5-9-15(17)18/h4-11,19H,2-3,12-13,18H2,1H3. The van der Waals surface area contributed by atoms with E-state index in [9.17, 15) is 0 Å². The lowest BCUT2D eigenvalue weighted by Gasteiger charge is -2.13. The molecule has 106 valence electrons. The first-order valence-corrected chi connectivity index (χ1v) is 7.10. The summed E-state index contributed by atoms with van der Waals surface area (Å²) in [5.74, 6) is 0.732. The van der Waals surface area contributed by atoms with E-state index in [1.54, 1.807) is 0 Å². The highest BCUT2D eigenvalue weighted by atomic mass is 16.5. The lowest BCUT2D eigenvalue weighted by Crippen LogP contribution is -2.06. The van der Waals surface area contributed by atoms with Crippen LogP contribution in [0.4, 0.5) is 11.4 Å². The Morgan fingerprint density at radius 1 is 1.05 bits per heavy atom. The third-order valence-corrected chi connectivity index (χ3v) is 3.17. The number of nitrogen functional groups attached to an aromatic ring is 1. The van der Waals surface area contributed by atoms with Crippen LogP contribution in [0.15, 0.2) is 48.5 Å². The van der Waals surface area contributed by atoms with Crippen LogP contribution in [0.1, 0.15) is 25.3 Å². The second-order valence-electron chi connectivity index (χ2n) is 4.76. The number of unbranched alkanes of at least 4 members (excludes halogenated alkanes) is 1. The van der Waals surface area contributed by atoms with Crippen LogP contribution in [0.25, 0.3) is 0 Å². The first kappa shape index (κ1) is 14.3. The Kier molecular flexibility index (Phi) is 5.30. The topological polar surface area (TPSA) is 47.3 Å². The Hall–Kier alpha value is -2.16. The smallest absolute Gasteiger partial charge is 0.142 e. The fourth-order valence-corrected chi connectivity index (χ4v) is 1.99. The van der Waals surface area contributed by atoms with Crippen LogP contribution in [0, 0.1) is 0 Å². The molecule has 0 spiro atoms. The van der Waals surface area contributed by atoms with Gasteiger partial charge in [0.15, 0.2) is 0 Å². The number of hydrogen-bond acceptors (Lipinski definition) is 3. The van der Waals surface area contributed by atoms with Crippen molar-refractivity contribution >= 4 is 11.4 Å². The number of ether oxygens (including phenoxy) is 1. The zero-order valence-electron chi connectivity index (χ0n) is 11.9. The van der Waals surface area contributed by atoms with E-state index in [2.05, 4.69) is 24.4 Å². The van der Waals surface area contributed by atoms with Gasteiger partial charge in [-0.25, -0.2) is 0 Å². The van der Waals surface area contributed by atoms with Gasteiger partial charge in [-0.15, -0.1) is 0 Å². The van der Waals surface area contributed by atoms with Crippen LogP contribution < -0.4 is 15.8 Å². The molecule has 0 unspecified atom stereocenters. The van der Waals surface area contributed by atoms with E-state index >= 15 is 0 Å². The van der Waals surface area contributed by atoms with E-state index < -0.39 is 0 Å². The Bertz CT molecular complexity index is 540. The zero-order chi connectivity index (χ0) is 14.2. The van der Waals surface area contributed by atoms with Crippen molar-refractivity contribution in [1.29, 1.82) is 0 Å². The largest absolute Gasteiger partial charge is 0.487 e. The van der Waals surface area contributed by atoms with Crippen molar-refractivity contribution in [2.24, 2.45) is 0 Å². The molecule has 0 amide bonds. The van der Waals surface area contributed by atoms with E-state index in [0.717, 1.165) is 23.5 Å². The molecule has 0 aromatic heterocycles. The Balaban J connectivity index is 2.00. The van der Waals surface area contributed by atoms with Crippen LogP contribution in [-0.2, 0) is 6.61 Å². The van der Waals surface area contributed by atoms with Gasteiger partial charge in [0.25, 0.3) is 0 Å². The Morgan fingerprint density at radius 2 is 1.80 bits per heavy atom. The number of nitrogens with two attached hydrogens (primary N) is 1. The molecule has 0 atom stereocenters. The summed E-state index contributed by atoms with van der Waals surface area (Å²) in [6.45, 7) is 3.69. The third-order valence-electron chi connectivity index (χ3n) is 3.17. The van der Waals surface area contributed by atoms with E-state index in [1.165, 1.54) is 12.8 Å². The molecular formula is C17H22N2O. The van der Waals surface area contributed by atoms with Gasteiger partial charge in [0.1, 0.15) is 12.4 Å². The van der Waals surface area contributed by atoms with Gasteiger partial charge in [-0.1, -0.05) is 43.7 Å². The second-order valence-corrected chi connectivity index (χ2v) is 4.76. The highest BCUT2D eigenvalue weighted by molar-refractivity contribution is 5.53. The second kappa shape index (κ2) is 7.43. The van der Waals surface area contributed by atoms with E-state index in [4.69, 9.17) is 10.5 Å². The quantitative estimate of drug-likeness (QED) is 0.589. The summed E-state index contributed by atoms with van der Waals surface area (Å²) in [4.78, 5) is 0. The Morgan fingerprint density at radius 3 is 2.60 bits per heavy atom. The number of rotatable bonds is 7. The molecule has 0 saturated heterocycles. The summed E-state index contributed by atoms with van der Waals surface area (Å²) in [7, 11) is 0. The molecule has 0 bridgehead atoms. The van der Waals surface area contributed by atoms with E-state index in [-0.39, 0.29) is 0 Å². The first-order chi connectivity index (χ1) is 9.81. The fourth-order valence-electron chi connectivity index (χ4n) is 1.99. The molecule has 0 aliphatic heterocycles. The first-order valence-electron chi connectivity index (χ1n) is 7.10. The molecule has 0 fully saturated rings. The Labute approximate surface area is 120 Å². The SMILES string of the molecule is CCCCNc1ccccc1COc1ccccc1N. The van der Waals surface area contributed by atoms with Gasteiger partial charge >= 0.3 is 0 Å². The average molecular weight is 270 g/mol. The number of benzene rings is 2. The van der Waals surface area contributed by atoms with Gasteiger partial charge in [-0.3, -0.25) is 0 Å². The zero-order valence-corrected chi connectivity index (χ0v) is 11.9. The van der Waals surface area contributed by atoms with Crippen LogP contribution in [0.5, 0.6) is 5.75 Å².